The lowest BCUT2D eigenvalue weighted by Crippen LogP contribution is -2.47. The third-order valence-electron chi connectivity index (χ3n) is 4.23. The van der Waals surface area contributed by atoms with E-state index in [2.05, 4.69) is 0 Å². The fraction of sp³-hybridized carbons (Fsp3) is 0.471. The van der Waals surface area contributed by atoms with Crippen LogP contribution in [0.4, 0.5) is 0 Å². The first-order chi connectivity index (χ1) is 11.3. The predicted octanol–water partition coefficient (Wildman–Crippen LogP) is 1.15. The van der Waals surface area contributed by atoms with Gasteiger partial charge in [0.25, 0.3) is 0 Å². The number of nitrogens with zero attached hydrogens (tertiary/aromatic N) is 2. The van der Waals surface area contributed by atoms with Crippen LogP contribution in [0.15, 0.2) is 30.3 Å². The molecule has 0 unspecified atom stereocenters. The fourth-order valence-electron chi connectivity index (χ4n) is 2.70. The number of sulfone groups is 1. The van der Waals surface area contributed by atoms with Crippen molar-refractivity contribution in [3.05, 3.63) is 35.9 Å². The Balaban J connectivity index is 2.01. The highest BCUT2D eigenvalue weighted by atomic mass is 32.2. The molecule has 128 valence electrons. The lowest BCUT2D eigenvalue weighted by Gasteiger charge is -2.28. The van der Waals surface area contributed by atoms with Crippen molar-refractivity contribution in [3.8, 4) is 6.07 Å². The molecule has 1 amide bonds. The van der Waals surface area contributed by atoms with Crippen LogP contribution >= 0.6 is 0 Å². The van der Waals surface area contributed by atoms with Crippen LogP contribution in [0.25, 0.3) is 0 Å². The van der Waals surface area contributed by atoms with E-state index in [1.807, 2.05) is 37.3 Å². The number of ketones is 1. The second-order valence-corrected chi connectivity index (χ2v) is 8.33. The molecule has 0 bridgehead atoms. The smallest absolute Gasteiger partial charge is 0.247 e. The molecule has 6 nitrogen and oxygen atoms in total. The highest BCUT2D eigenvalue weighted by molar-refractivity contribution is 7.91. The van der Waals surface area contributed by atoms with E-state index < -0.39 is 27.4 Å². The van der Waals surface area contributed by atoms with E-state index in [0.717, 1.165) is 5.56 Å². The quantitative estimate of drug-likeness (QED) is 0.744. The SMILES string of the molecule is C[C@H](CC(=O)[C@H](C#N)C(=O)N1CCS(=O)(=O)CC1)c1ccccc1. The summed E-state index contributed by atoms with van der Waals surface area (Å²) in [6.45, 7) is 1.96. The van der Waals surface area contributed by atoms with Gasteiger partial charge in [-0.3, -0.25) is 9.59 Å². The van der Waals surface area contributed by atoms with Gasteiger partial charge < -0.3 is 4.90 Å². The van der Waals surface area contributed by atoms with E-state index in [4.69, 9.17) is 0 Å². The van der Waals surface area contributed by atoms with Gasteiger partial charge in [0.15, 0.2) is 21.5 Å². The summed E-state index contributed by atoms with van der Waals surface area (Å²) < 4.78 is 22.8. The van der Waals surface area contributed by atoms with Gasteiger partial charge in [0.05, 0.1) is 17.6 Å². The van der Waals surface area contributed by atoms with E-state index in [-0.39, 0.29) is 36.9 Å². The standard InChI is InChI=1S/C17H20N2O4S/c1-13(14-5-3-2-4-6-14)11-16(20)15(12-18)17(21)19-7-9-24(22,23)10-8-19/h2-6,13,15H,7-11H2,1H3/t13-,15+/m1/s1. The van der Waals surface area contributed by atoms with Crippen LogP contribution in [0.3, 0.4) is 0 Å². The van der Waals surface area contributed by atoms with Gasteiger partial charge in [-0.2, -0.15) is 5.26 Å². The van der Waals surface area contributed by atoms with Crippen molar-refractivity contribution in [1.82, 2.24) is 4.90 Å². The molecule has 1 heterocycles. The van der Waals surface area contributed by atoms with Gasteiger partial charge in [-0.1, -0.05) is 37.3 Å². The first kappa shape index (κ1) is 18.1. The number of Topliss-reactive ketones (excluding diaryl/α,β-unsaturated/α-hetero) is 1. The lowest BCUT2D eigenvalue weighted by molar-refractivity contribution is -0.138. The molecule has 0 saturated carbocycles. The van der Waals surface area contributed by atoms with Crippen molar-refractivity contribution >= 4 is 21.5 Å². The lowest BCUT2D eigenvalue weighted by atomic mass is 9.90. The van der Waals surface area contributed by atoms with Crippen molar-refractivity contribution in [2.75, 3.05) is 24.6 Å². The van der Waals surface area contributed by atoms with Crippen molar-refractivity contribution in [1.29, 1.82) is 5.26 Å². The second kappa shape index (κ2) is 7.58. The van der Waals surface area contributed by atoms with Gasteiger partial charge in [-0.05, 0) is 11.5 Å². The molecule has 0 spiro atoms. The van der Waals surface area contributed by atoms with Crippen molar-refractivity contribution in [2.45, 2.75) is 19.3 Å². The van der Waals surface area contributed by atoms with Gasteiger partial charge in [0.2, 0.25) is 5.91 Å². The minimum absolute atomic E-state index is 0.0425. The first-order valence-electron chi connectivity index (χ1n) is 7.80. The molecular weight excluding hydrogens is 328 g/mol. The first-order valence-corrected chi connectivity index (χ1v) is 9.62. The summed E-state index contributed by atoms with van der Waals surface area (Å²) in [5.41, 5.74) is 0.971. The van der Waals surface area contributed by atoms with Crippen molar-refractivity contribution < 1.29 is 18.0 Å². The molecule has 2 atom stereocenters. The van der Waals surface area contributed by atoms with E-state index in [0.29, 0.717) is 0 Å². The normalized spacial score (nSPS) is 19.1. The van der Waals surface area contributed by atoms with E-state index in [9.17, 15) is 23.3 Å². The Kier molecular flexibility index (Phi) is 5.73. The molecule has 1 aliphatic rings. The number of hydrogen-bond acceptors (Lipinski definition) is 5. The summed E-state index contributed by atoms with van der Waals surface area (Å²) in [5, 5.41) is 9.25. The van der Waals surface area contributed by atoms with Crippen LogP contribution in [-0.4, -0.2) is 49.6 Å². The molecule has 0 aromatic heterocycles. The highest BCUT2D eigenvalue weighted by Gasteiger charge is 2.34. The minimum Gasteiger partial charge on any atom is -0.339 e. The number of amides is 1. The molecule has 1 aliphatic heterocycles. The minimum atomic E-state index is -3.12. The molecule has 24 heavy (non-hydrogen) atoms. The average molecular weight is 348 g/mol. The van der Waals surface area contributed by atoms with E-state index in [1.54, 1.807) is 6.07 Å². The van der Waals surface area contributed by atoms with Crippen molar-refractivity contribution in [2.24, 2.45) is 5.92 Å². The summed E-state index contributed by atoms with van der Waals surface area (Å²) in [6.07, 6.45) is 0.0973. The van der Waals surface area contributed by atoms with Gasteiger partial charge in [-0.25, -0.2) is 8.42 Å². The van der Waals surface area contributed by atoms with Crippen LogP contribution in [-0.2, 0) is 19.4 Å². The van der Waals surface area contributed by atoms with Gasteiger partial charge in [-0.15, -0.1) is 0 Å². The van der Waals surface area contributed by atoms with Crippen molar-refractivity contribution in [3.63, 3.8) is 0 Å². The summed E-state index contributed by atoms with van der Waals surface area (Å²) >= 11 is 0. The third kappa shape index (κ3) is 4.42. The fourth-order valence-corrected chi connectivity index (χ4v) is 3.90. The van der Waals surface area contributed by atoms with Crippen LogP contribution < -0.4 is 0 Å². The molecule has 1 saturated heterocycles. The predicted molar refractivity (Wildman–Crippen MR) is 88.8 cm³/mol. The van der Waals surface area contributed by atoms with E-state index >= 15 is 0 Å². The molecule has 1 aromatic rings. The Morgan fingerprint density at radius 1 is 1.21 bits per heavy atom. The summed E-state index contributed by atoms with van der Waals surface area (Å²) in [5.74, 6) is -2.71. The maximum Gasteiger partial charge on any atom is 0.247 e. The zero-order chi connectivity index (χ0) is 17.7. The summed E-state index contributed by atoms with van der Waals surface area (Å²) in [6, 6.07) is 11.2. The monoisotopic (exact) mass is 348 g/mol. The number of carbonyl (C=O) groups excluding carboxylic acids is 2. The Bertz CT molecular complexity index is 739. The number of hydrogen-bond donors (Lipinski definition) is 0. The molecule has 7 heteroatoms. The molecule has 2 rings (SSSR count). The number of benzene rings is 1. The number of carbonyl (C=O) groups is 2. The molecular formula is C17H20N2O4S. The zero-order valence-electron chi connectivity index (χ0n) is 13.5. The number of rotatable bonds is 5. The van der Waals surface area contributed by atoms with Gasteiger partial charge in [0.1, 0.15) is 0 Å². The Hall–Kier alpha value is -2.20. The molecule has 0 N–H and O–H groups in total. The number of nitriles is 1. The van der Waals surface area contributed by atoms with Crippen LogP contribution in [0.2, 0.25) is 0 Å². The van der Waals surface area contributed by atoms with E-state index in [1.165, 1.54) is 4.90 Å². The topological polar surface area (TPSA) is 95.3 Å². The maximum atomic E-state index is 12.4. The summed E-state index contributed by atoms with van der Waals surface area (Å²) in [4.78, 5) is 26.1. The largest absolute Gasteiger partial charge is 0.339 e. The molecule has 1 aromatic carbocycles. The zero-order valence-corrected chi connectivity index (χ0v) is 14.3. The molecule has 0 radical (unpaired) electrons. The highest BCUT2D eigenvalue weighted by Crippen LogP contribution is 2.21. The second-order valence-electron chi connectivity index (χ2n) is 6.02. The van der Waals surface area contributed by atoms with Crippen LogP contribution in [0.5, 0.6) is 0 Å². The summed E-state index contributed by atoms with van der Waals surface area (Å²) in [7, 11) is -3.12. The third-order valence-corrected chi connectivity index (χ3v) is 5.84. The van der Waals surface area contributed by atoms with Crippen LogP contribution in [0.1, 0.15) is 24.8 Å². The Morgan fingerprint density at radius 3 is 2.33 bits per heavy atom. The van der Waals surface area contributed by atoms with Gasteiger partial charge in [0, 0.05) is 19.5 Å². The Labute approximate surface area is 142 Å². The molecule has 1 fully saturated rings. The van der Waals surface area contributed by atoms with Gasteiger partial charge >= 0.3 is 0 Å². The average Bonchev–Trinajstić information content (AvgIpc) is 2.56. The molecule has 0 aliphatic carbocycles. The van der Waals surface area contributed by atoms with Crippen LogP contribution in [0, 0.1) is 17.2 Å². The Morgan fingerprint density at radius 2 is 1.79 bits per heavy atom. The maximum absolute atomic E-state index is 12.4.